The number of hydrogen-bond acceptors (Lipinski definition) is 4. The zero-order chi connectivity index (χ0) is 8.97. The topological polar surface area (TPSA) is 46.0 Å². The maximum Gasteiger partial charge on any atom is 0.118 e. The fourth-order valence-electron chi connectivity index (χ4n) is 0.794. The number of aliphatic hydroxyl groups is 1. The Kier molecular flexibility index (Phi) is 3.49. The Morgan fingerprint density at radius 3 is 2.92 bits per heavy atom. The lowest BCUT2D eigenvalue weighted by atomic mass is 10.4. The highest BCUT2D eigenvalue weighted by molar-refractivity contribution is 7.99. The normalized spacial score (nSPS) is 10.2. The fraction of sp³-hybridized carbons (Fsp3) is 0.500. The van der Waals surface area contributed by atoms with Crippen LogP contribution in [0.15, 0.2) is 11.2 Å². The van der Waals surface area contributed by atoms with Crippen molar-refractivity contribution in [2.75, 3.05) is 12.4 Å². The Bertz CT molecular complexity index is 265. The molecule has 0 radical (unpaired) electrons. The van der Waals surface area contributed by atoms with E-state index in [0.717, 1.165) is 16.4 Å². The second kappa shape index (κ2) is 4.42. The second-order valence-corrected chi connectivity index (χ2v) is 3.56. The van der Waals surface area contributed by atoms with Crippen molar-refractivity contribution in [3.05, 3.63) is 17.6 Å². The third kappa shape index (κ3) is 2.46. The van der Waals surface area contributed by atoms with Crippen molar-refractivity contribution in [2.24, 2.45) is 0 Å². The van der Waals surface area contributed by atoms with E-state index in [1.54, 1.807) is 6.20 Å². The quantitative estimate of drug-likeness (QED) is 0.716. The second-order valence-electron chi connectivity index (χ2n) is 2.47. The van der Waals surface area contributed by atoms with Crippen molar-refractivity contribution in [1.29, 1.82) is 0 Å². The van der Waals surface area contributed by atoms with E-state index in [1.165, 1.54) is 11.8 Å². The molecule has 3 nitrogen and oxygen atoms in total. The van der Waals surface area contributed by atoms with E-state index in [2.05, 4.69) is 9.97 Å². The van der Waals surface area contributed by atoms with Crippen LogP contribution in [0.5, 0.6) is 0 Å². The summed E-state index contributed by atoms with van der Waals surface area (Å²) in [5.74, 6) is 0.680. The minimum absolute atomic E-state index is 0.180. The average molecular weight is 184 g/mol. The van der Waals surface area contributed by atoms with Gasteiger partial charge in [-0.2, -0.15) is 0 Å². The molecule has 12 heavy (non-hydrogen) atoms. The SMILES string of the molecule is Cc1cnc(C)c(SCCO)n1. The van der Waals surface area contributed by atoms with Crippen LogP contribution >= 0.6 is 11.8 Å². The molecule has 0 aliphatic carbocycles. The molecule has 1 rings (SSSR count). The third-order valence-electron chi connectivity index (χ3n) is 1.36. The molecule has 0 aliphatic rings. The van der Waals surface area contributed by atoms with Gasteiger partial charge in [0.25, 0.3) is 0 Å². The van der Waals surface area contributed by atoms with Crippen molar-refractivity contribution in [3.8, 4) is 0 Å². The summed E-state index contributed by atoms with van der Waals surface area (Å²) in [5.41, 5.74) is 1.85. The predicted octanol–water partition coefficient (Wildman–Crippen LogP) is 1.18. The van der Waals surface area contributed by atoms with E-state index in [1.807, 2.05) is 13.8 Å². The van der Waals surface area contributed by atoms with Crippen LogP contribution < -0.4 is 0 Å². The maximum atomic E-state index is 8.62. The zero-order valence-corrected chi connectivity index (χ0v) is 8.06. The van der Waals surface area contributed by atoms with Gasteiger partial charge in [-0.1, -0.05) is 0 Å². The first-order chi connectivity index (χ1) is 5.74. The van der Waals surface area contributed by atoms with Crippen LogP contribution in [0.1, 0.15) is 11.4 Å². The molecule has 0 aromatic carbocycles. The number of hydrogen-bond donors (Lipinski definition) is 1. The first-order valence-corrected chi connectivity index (χ1v) is 4.76. The standard InChI is InChI=1S/C8H12N2OS/c1-6-5-9-7(2)8(10-6)12-4-3-11/h5,11H,3-4H2,1-2H3. The van der Waals surface area contributed by atoms with Gasteiger partial charge in [0.1, 0.15) is 5.03 Å². The molecule has 0 fully saturated rings. The summed E-state index contributed by atoms with van der Waals surface area (Å²) in [6.07, 6.45) is 1.75. The van der Waals surface area contributed by atoms with Crippen LogP contribution in [-0.4, -0.2) is 27.4 Å². The van der Waals surface area contributed by atoms with Crippen molar-refractivity contribution in [1.82, 2.24) is 9.97 Å². The molecule has 0 saturated carbocycles. The molecule has 1 aromatic rings. The lowest BCUT2D eigenvalue weighted by Gasteiger charge is -2.02. The third-order valence-corrected chi connectivity index (χ3v) is 2.41. The van der Waals surface area contributed by atoms with Gasteiger partial charge in [-0.05, 0) is 13.8 Å². The Morgan fingerprint density at radius 2 is 2.25 bits per heavy atom. The molecule has 0 atom stereocenters. The molecule has 66 valence electrons. The Labute approximate surface area is 76.2 Å². The van der Waals surface area contributed by atoms with Gasteiger partial charge in [-0.15, -0.1) is 11.8 Å². The van der Waals surface area contributed by atoms with Crippen molar-refractivity contribution < 1.29 is 5.11 Å². The molecule has 1 heterocycles. The lowest BCUT2D eigenvalue weighted by Crippen LogP contribution is -1.95. The molecule has 0 spiro atoms. The summed E-state index contributed by atoms with van der Waals surface area (Å²) >= 11 is 1.54. The number of rotatable bonds is 3. The molecule has 0 amide bonds. The van der Waals surface area contributed by atoms with E-state index >= 15 is 0 Å². The highest BCUT2D eigenvalue weighted by Crippen LogP contribution is 2.17. The first-order valence-electron chi connectivity index (χ1n) is 3.78. The molecule has 1 N–H and O–H groups in total. The summed E-state index contributed by atoms with van der Waals surface area (Å²) in [5, 5.41) is 9.54. The Morgan fingerprint density at radius 1 is 1.50 bits per heavy atom. The number of nitrogens with zero attached hydrogens (tertiary/aromatic N) is 2. The molecular weight excluding hydrogens is 172 g/mol. The summed E-state index contributed by atoms with van der Waals surface area (Å²) < 4.78 is 0. The van der Waals surface area contributed by atoms with Crippen molar-refractivity contribution in [2.45, 2.75) is 18.9 Å². The first kappa shape index (κ1) is 9.48. The van der Waals surface area contributed by atoms with Gasteiger partial charge in [0.15, 0.2) is 0 Å². The van der Waals surface area contributed by atoms with E-state index in [4.69, 9.17) is 5.11 Å². The highest BCUT2D eigenvalue weighted by atomic mass is 32.2. The van der Waals surface area contributed by atoms with E-state index in [-0.39, 0.29) is 6.61 Å². The summed E-state index contributed by atoms with van der Waals surface area (Å²) in [6.45, 7) is 4.02. The fourth-order valence-corrected chi connectivity index (χ4v) is 1.55. The molecule has 0 saturated heterocycles. The largest absolute Gasteiger partial charge is 0.396 e. The minimum Gasteiger partial charge on any atom is -0.396 e. The van der Waals surface area contributed by atoms with Crippen LogP contribution in [0.2, 0.25) is 0 Å². The molecular formula is C8H12N2OS. The van der Waals surface area contributed by atoms with Crippen LogP contribution in [0, 0.1) is 13.8 Å². The van der Waals surface area contributed by atoms with E-state index < -0.39 is 0 Å². The Balaban J connectivity index is 2.75. The molecule has 0 aliphatic heterocycles. The molecule has 4 heteroatoms. The van der Waals surface area contributed by atoms with E-state index in [9.17, 15) is 0 Å². The smallest absolute Gasteiger partial charge is 0.118 e. The monoisotopic (exact) mass is 184 g/mol. The van der Waals surface area contributed by atoms with Crippen LogP contribution in [0.25, 0.3) is 0 Å². The van der Waals surface area contributed by atoms with Crippen molar-refractivity contribution >= 4 is 11.8 Å². The number of thioether (sulfide) groups is 1. The van der Waals surface area contributed by atoms with Gasteiger partial charge in [-0.25, -0.2) is 4.98 Å². The minimum atomic E-state index is 0.180. The molecule has 0 unspecified atom stereocenters. The maximum absolute atomic E-state index is 8.62. The van der Waals surface area contributed by atoms with E-state index in [0.29, 0.717) is 5.75 Å². The number of aryl methyl sites for hydroxylation is 2. The number of aromatic nitrogens is 2. The summed E-state index contributed by atoms with van der Waals surface area (Å²) in [6, 6.07) is 0. The van der Waals surface area contributed by atoms with Gasteiger partial charge in [0.05, 0.1) is 18.0 Å². The highest BCUT2D eigenvalue weighted by Gasteiger charge is 2.01. The molecule has 0 bridgehead atoms. The van der Waals surface area contributed by atoms with Crippen LogP contribution in [-0.2, 0) is 0 Å². The van der Waals surface area contributed by atoms with Gasteiger partial charge < -0.3 is 5.11 Å². The summed E-state index contributed by atoms with van der Waals surface area (Å²) in [4.78, 5) is 8.47. The van der Waals surface area contributed by atoms with Crippen molar-refractivity contribution in [3.63, 3.8) is 0 Å². The number of aliphatic hydroxyl groups excluding tert-OH is 1. The van der Waals surface area contributed by atoms with Crippen LogP contribution in [0.3, 0.4) is 0 Å². The molecule has 1 aromatic heterocycles. The van der Waals surface area contributed by atoms with Crippen LogP contribution in [0.4, 0.5) is 0 Å². The zero-order valence-electron chi connectivity index (χ0n) is 7.24. The summed E-state index contributed by atoms with van der Waals surface area (Å²) in [7, 11) is 0. The van der Waals surface area contributed by atoms with Gasteiger partial charge >= 0.3 is 0 Å². The van der Waals surface area contributed by atoms with Gasteiger partial charge in [-0.3, -0.25) is 4.98 Å². The average Bonchev–Trinajstić information content (AvgIpc) is 2.07. The predicted molar refractivity (Wildman–Crippen MR) is 49.3 cm³/mol. The van der Waals surface area contributed by atoms with Gasteiger partial charge in [0, 0.05) is 11.9 Å². The Hall–Kier alpha value is -0.610. The lowest BCUT2D eigenvalue weighted by molar-refractivity contribution is 0.322. The van der Waals surface area contributed by atoms with Gasteiger partial charge in [0.2, 0.25) is 0 Å².